The fourth-order valence-corrected chi connectivity index (χ4v) is 3.58. The SMILES string of the molecule is C=C(C)[C@H]1Cc2oc(cc2C(=O)OC)[C@H](C(=C)C)[C@@H]2C=C(CC1=O)C(=O)O2. The van der Waals surface area contributed by atoms with Crippen molar-refractivity contribution in [1.29, 1.82) is 0 Å². The molecule has 3 heterocycles. The summed E-state index contributed by atoms with van der Waals surface area (Å²) in [6, 6.07) is 1.59. The van der Waals surface area contributed by atoms with Crippen LogP contribution >= 0.6 is 0 Å². The van der Waals surface area contributed by atoms with E-state index < -0.39 is 29.9 Å². The van der Waals surface area contributed by atoms with E-state index >= 15 is 0 Å². The molecule has 0 fully saturated rings. The molecule has 0 radical (unpaired) electrons. The van der Waals surface area contributed by atoms with Crippen molar-refractivity contribution < 1.29 is 28.3 Å². The minimum absolute atomic E-state index is 0.0460. The number of carbonyl (C=O) groups is 3. The lowest BCUT2D eigenvalue weighted by molar-refractivity contribution is -0.141. The highest BCUT2D eigenvalue weighted by molar-refractivity contribution is 5.99. The number of allylic oxidation sites excluding steroid dienone is 1. The van der Waals surface area contributed by atoms with Crippen LogP contribution in [-0.2, 0) is 25.5 Å². The molecule has 27 heavy (non-hydrogen) atoms. The number of esters is 2. The van der Waals surface area contributed by atoms with E-state index in [1.807, 2.05) is 0 Å². The van der Waals surface area contributed by atoms with Crippen LogP contribution in [0.25, 0.3) is 0 Å². The summed E-state index contributed by atoms with van der Waals surface area (Å²) in [5.41, 5.74) is 1.94. The van der Waals surface area contributed by atoms with Crippen molar-refractivity contribution in [3.05, 3.63) is 59.1 Å². The molecule has 0 unspecified atom stereocenters. The number of fused-ring (bicyclic) bond motifs is 3. The Morgan fingerprint density at radius 2 is 1.93 bits per heavy atom. The average molecular weight is 370 g/mol. The summed E-state index contributed by atoms with van der Waals surface area (Å²) in [7, 11) is 1.29. The molecule has 3 atom stereocenters. The Morgan fingerprint density at radius 1 is 1.22 bits per heavy atom. The van der Waals surface area contributed by atoms with Gasteiger partial charge in [0.1, 0.15) is 29.0 Å². The fraction of sp³-hybridized carbons (Fsp3) is 0.381. The van der Waals surface area contributed by atoms with Crippen molar-refractivity contribution in [3.8, 4) is 0 Å². The zero-order chi connectivity index (χ0) is 19.9. The molecule has 142 valence electrons. The van der Waals surface area contributed by atoms with Gasteiger partial charge in [0.25, 0.3) is 0 Å². The van der Waals surface area contributed by atoms with Gasteiger partial charge < -0.3 is 13.9 Å². The summed E-state index contributed by atoms with van der Waals surface area (Å²) in [4.78, 5) is 37.3. The molecule has 2 aliphatic rings. The van der Waals surface area contributed by atoms with Crippen LogP contribution in [0, 0.1) is 5.92 Å². The van der Waals surface area contributed by atoms with Crippen LogP contribution in [-0.4, -0.2) is 30.9 Å². The predicted molar refractivity (Wildman–Crippen MR) is 97.2 cm³/mol. The Bertz CT molecular complexity index is 884. The van der Waals surface area contributed by atoms with Crippen LogP contribution < -0.4 is 0 Å². The maximum Gasteiger partial charge on any atom is 0.341 e. The van der Waals surface area contributed by atoms with E-state index in [-0.39, 0.29) is 24.2 Å². The van der Waals surface area contributed by atoms with Crippen LogP contribution in [0.3, 0.4) is 0 Å². The Balaban J connectivity index is 2.19. The van der Waals surface area contributed by atoms with Crippen LogP contribution in [0.4, 0.5) is 0 Å². The second kappa shape index (κ2) is 7.02. The summed E-state index contributed by atoms with van der Waals surface area (Å²) >= 11 is 0. The molecule has 0 spiro atoms. The number of ether oxygens (including phenoxy) is 2. The van der Waals surface area contributed by atoms with E-state index in [0.717, 1.165) is 0 Å². The molecule has 0 amide bonds. The lowest BCUT2D eigenvalue weighted by Crippen LogP contribution is -2.21. The Labute approximate surface area is 157 Å². The molecule has 0 saturated heterocycles. The van der Waals surface area contributed by atoms with Gasteiger partial charge in [-0.1, -0.05) is 24.3 Å². The summed E-state index contributed by atoms with van der Waals surface area (Å²) in [5.74, 6) is -1.47. The van der Waals surface area contributed by atoms with Crippen molar-refractivity contribution >= 4 is 17.7 Å². The van der Waals surface area contributed by atoms with Gasteiger partial charge >= 0.3 is 11.9 Å². The van der Waals surface area contributed by atoms with E-state index in [9.17, 15) is 14.4 Å². The minimum Gasteiger partial charge on any atom is -0.465 e. The standard InChI is InChI=1S/C21H22O6/c1-10(2)13-8-16-14(21(24)25-5)9-18(26-16)19(11(3)4)17-7-12(6-15(13)22)20(23)27-17/h7,9,13,17,19H,1,3,6,8H2,2,4-5H3/t13-,17+,19-/m1/s1. The van der Waals surface area contributed by atoms with Gasteiger partial charge in [-0.15, -0.1) is 0 Å². The predicted octanol–water partition coefficient (Wildman–Crippen LogP) is 3.29. The molecule has 0 aromatic carbocycles. The lowest BCUT2D eigenvalue weighted by atomic mass is 9.86. The quantitative estimate of drug-likeness (QED) is 0.600. The third-order valence-corrected chi connectivity index (χ3v) is 5.01. The molecule has 6 nitrogen and oxygen atoms in total. The van der Waals surface area contributed by atoms with Gasteiger partial charge in [-0.3, -0.25) is 4.79 Å². The van der Waals surface area contributed by atoms with Crippen LogP contribution in [0.15, 0.2) is 46.4 Å². The van der Waals surface area contributed by atoms with Gasteiger partial charge in [0, 0.05) is 24.3 Å². The van der Waals surface area contributed by atoms with Gasteiger partial charge in [0.2, 0.25) is 0 Å². The topological polar surface area (TPSA) is 82.8 Å². The molecule has 1 aromatic rings. The highest BCUT2D eigenvalue weighted by Gasteiger charge is 2.39. The number of methoxy groups -OCH3 is 1. The molecular formula is C21H22O6. The molecule has 6 heteroatoms. The highest BCUT2D eigenvalue weighted by atomic mass is 16.5. The first kappa shape index (κ1) is 18.9. The van der Waals surface area contributed by atoms with Crippen molar-refractivity contribution in [2.24, 2.45) is 5.92 Å². The van der Waals surface area contributed by atoms with Gasteiger partial charge in [0.05, 0.1) is 13.0 Å². The van der Waals surface area contributed by atoms with Gasteiger partial charge in [-0.05, 0) is 26.0 Å². The molecule has 4 bridgehead atoms. The fourth-order valence-electron chi connectivity index (χ4n) is 3.58. The van der Waals surface area contributed by atoms with E-state index in [1.165, 1.54) is 7.11 Å². The maximum atomic E-state index is 12.8. The highest BCUT2D eigenvalue weighted by Crippen LogP contribution is 2.38. The van der Waals surface area contributed by atoms with Crippen molar-refractivity contribution in [1.82, 2.24) is 0 Å². The molecule has 1 aromatic heterocycles. The van der Waals surface area contributed by atoms with Gasteiger partial charge in [-0.2, -0.15) is 0 Å². The summed E-state index contributed by atoms with van der Waals surface area (Å²) in [5, 5.41) is 0. The Kier molecular flexibility index (Phi) is 4.91. The smallest absolute Gasteiger partial charge is 0.341 e. The van der Waals surface area contributed by atoms with E-state index in [1.54, 1.807) is 26.0 Å². The summed E-state index contributed by atoms with van der Waals surface area (Å²) in [6.45, 7) is 11.4. The summed E-state index contributed by atoms with van der Waals surface area (Å²) < 4.78 is 16.3. The van der Waals surface area contributed by atoms with Crippen LogP contribution in [0.2, 0.25) is 0 Å². The van der Waals surface area contributed by atoms with E-state index in [4.69, 9.17) is 13.9 Å². The number of carbonyl (C=O) groups excluding carboxylic acids is 3. The minimum atomic E-state index is -0.635. The first-order valence-electron chi connectivity index (χ1n) is 8.69. The number of hydrogen-bond donors (Lipinski definition) is 0. The first-order valence-corrected chi connectivity index (χ1v) is 8.69. The number of rotatable bonds is 3. The number of Topliss-reactive ketones (excluding diaryl/α,β-unsaturated/α-hetero) is 1. The second-order valence-corrected chi connectivity index (χ2v) is 7.11. The van der Waals surface area contributed by atoms with Gasteiger partial charge in [0.15, 0.2) is 0 Å². The van der Waals surface area contributed by atoms with Crippen molar-refractivity contribution in [3.63, 3.8) is 0 Å². The Hall–Kier alpha value is -2.89. The lowest BCUT2D eigenvalue weighted by Gasteiger charge is -2.20. The average Bonchev–Trinajstić information content (AvgIpc) is 3.14. The monoisotopic (exact) mass is 370 g/mol. The molecular weight excluding hydrogens is 348 g/mol. The molecule has 3 rings (SSSR count). The third kappa shape index (κ3) is 3.39. The van der Waals surface area contributed by atoms with Crippen LogP contribution in [0.5, 0.6) is 0 Å². The van der Waals surface area contributed by atoms with E-state index in [0.29, 0.717) is 28.2 Å². The second-order valence-electron chi connectivity index (χ2n) is 7.11. The Morgan fingerprint density at radius 3 is 2.52 bits per heavy atom. The largest absolute Gasteiger partial charge is 0.465 e. The third-order valence-electron chi connectivity index (χ3n) is 5.01. The first-order chi connectivity index (χ1) is 12.7. The summed E-state index contributed by atoms with van der Waals surface area (Å²) in [6.07, 6.45) is 1.15. The normalized spacial score (nSPS) is 24.6. The van der Waals surface area contributed by atoms with Crippen molar-refractivity contribution in [2.75, 3.05) is 7.11 Å². The number of hydrogen-bond acceptors (Lipinski definition) is 6. The van der Waals surface area contributed by atoms with Crippen LogP contribution in [0.1, 0.15) is 48.1 Å². The van der Waals surface area contributed by atoms with Crippen molar-refractivity contribution in [2.45, 2.75) is 38.7 Å². The number of furan rings is 1. The molecule has 0 saturated carbocycles. The van der Waals surface area contributed by atoms with E-state index in [2.05, 4.69) is 13.2 Å². The zero-order valence-electron chi connectivity index (χ0n) is 15.7. The number of ketones is 1. The van der Waals surface area contributed by atoms with Gasteiger partial charge in [-0.25, -0.2) is 9.59 Å². The molecule has 0 aliphatic carbocycles. The molecule has 2 aliphatic heterocycles. The zero-order valence-corrected chi connectivity index (χ0v) is 15.7. The maximum absolute atomic E-state index is 12.8. The molecule has 0 N–H and O–H groups in total.